The molecule has 4 nitrogen and oxygen atoms in total. The number of amides is 1. The van der Waals surface area contributed by atoms with E-state index >= 15 is 0 Å². The summed E-state index contributed by atoms with van der Waals surface area (Å²) in [6, 6.07) is 15.5. The molecule has 2 aromatic carbocycles. The molecular weight excluding hydrogens is 324 g/mol. The Kier molecular flexibility index (Phi) is 5.70. The Morgan fingerprint density at radius 1 is 1.19 bits per heavy atom. The molecular formula is C22H22N2O2. The summed E-state index contributed by atoms with van der Waals surface area (Å²) in [5, 5.41) is 22.3. The highest BCUT2D eigenvalue weighted by molar-refractivity contribution is 6.01. The van der Waals surface area contributed by atoms with Gasteiger partial charge < -0.3 is 10.4 Å². The standard InChI is InChI=1S/C22H22N2O2/c23-15-19(22(26)24-11-10-16-6-2-1-3-7-16)13-17-12-18-8-4-5-9-20(18)21(25)14-17/h1-3,6-7,12-14,25H,4-5,8-11H2,(H,24,26)/b19-13-. The molecule has 0 spiro atoms. The van der Waals surface area contributed by atoms with Crippen molar-refractivity contribution < 1.29 is 9.90 Å². The van der Waals surface area contributed by atoms with Crippen LogP contribution in [-0.4, -0.2) is 17.6 Å². The topological polar surface area (TPSA) is 73.1 Å². The summed E-state index contributed by atoms with van der Waals surface area (Å²) in [5.41, 5.74) is 3.99. The van der Waals surface area contributed by atoms with Gasteiger partial charge in [-0.15, -0.1) is 0 Å². The number of hydrogen-bond acceptors (Lipinski definition) is 3. The third-order valence-electron chi connectivity index (χ3n) is 4.68. The summed E-state index contributed by atoms with van der Waals surface area (Å²) in [6.07, 6.45) is 6.26. The summed E-state index contributed by atoms with van der Waals surface area (Å²) >= 11 is 0. The van der Waals surface area contributed by atoms with Crippen LogP contribution in [0.2, 0.25) is 0 Å². The Labute approximate surface area is 153 Å². The number of rotatable bonds is 5. The molecule has 1 aliphatic rings. The molecule has 0 aromatic heterocycles. The first-order chi connectivity index (χ1) is 12.7. The van der Waals surface area contributed by atoms with Crippen molar-refractivity contribution in [3.8, 4) is 11.8 Å². The number of nitriles is 1. The molecule has 0 heterocycles. The van der Waals surface area contributed by atoms with Gasteiger partial charge in [0.2, 0.25) is 0 Å². The Balaban J connectivity index is 1.68. The lowest BCUT2D eigenvalue weighted by molar-refractivity contribution is -0.117. The van der Waals surface area contributed by atoms with Crippen LogP contribution in [-0.2, 0) is 24.1 Å². The number of aryl methyl sites for hydroxylation is 1. The second-order valence-corrected chi connectivity index (χ2v) is 6.55. The summed E-state index contributed by atoms with van der Waals surface area (Å²) in [6.45, 7) is 0.470. The van der Waals surface area contributed by atoms with E-state index in [2.05, 4.69) is 5.32 Å². The molecule has 0 atom stereocenters. The van der Waals surface area contributed by atoms with Gasteiger partial charge in [-0.2, -0.15) is 5.26 Å². The number of benzene rings is 2. The van der Waals surface area contributed by atoms with Gasteiger partial charge in [0.05, 0.1) is 0 Å². The van der Waals surface area contributed by atoms with Gasteiger partial charge in [0, 0.05) is 6.54 Å². The maximum atomic E-state index is 12.3. The molecule has 3 rings (SSSR count). The largest absolute Gasteiger partial charge is 0.508 e. The van der Waals surface area contributed by atoms with E-state index in [1.165, 1.54) is 0 Å². The number of hydrogen-bond donors (Lipinski definition) is 2. The van der Waals surface area contributed by atoms with Crippen LogP contribution in [0.5, 0.6) is 5.75 Å². The monoisotopic (exact) mass is 346 g/mol. The fourth-order valence-electron chi connectivity index (χ4n) is 3.33. The fourth-order valence-corrected chi connectivity index (χ4v) is 3.33. The number of carbonyl (C=O) groups excluding carboxylic acids is 1. The molecule has 0 radical (unpaired) electrons. The number of fused-ring (bicyclic) bond motifs is 1. The van der Waals surface area contributed by atoms with E-state index in [1.807, 2.05) is 42.5 Å². The maximum Gasteiger partial charge on any atom is 0.261 e. The molecule has 4 heteroatoms. The quantitative estimate of drug-likeness (QED) is 0.642. The number of nitrogens with zero attached hydrogens (tertiary/aromatic N) is 1. The molecule has 26 heavy (non-hydrogen) atoms. The maximum absolute atomic E-state index is 12.3. The van der Waals surface area contributed by atoms with Gasteiger partial charge in [-0.05, 0) is 66.5 Å². The predicted octanol–water partition coefficient (Wildman–Crippen LogP) is 3.54. The number of carbonyl (C=O) groups is 1. The Morgan fingerprint density at radius 2 is 1.96 bits per heavy atom. The minimum Gasteiger partial charge on any atom is -0.508 e. The smallest absolute Gasteiger partial charge is 0.261 e. The lowest BCUT2D eigenvalue weighted by Gasteiger charge is -2.17. The Bertz CT molecular complexity index is 864. The van der Waals surface area contributed by atoms with E-state index in [0.717, 1.165) is 42.4 Å². The average Bonchev–Trinajstić information content (AvgIpc) is 2.67. The minimum absolute atomic E-state index is 0.0493. The molecule has 2 N–H and O–H groups in total. The summed E-state index contributed by atoms with van der Waals surface area (Å²) in [4.78, 5) is 12.3. The Morgan fingerprint density at radius 3 is 2.73 bits per heavy atom. The predicted molar refractivity (Wildman–Crippen MR) is 101 cm³/mol. The first-order valence-electron chi connectivity index (χ1n) is 8.96. The van der Waals surface area contributed by atoms with E-state index in [4.69, 9.17) is 0 Å². The summed E-state index contributed by atoms with van der Waals surface area (Å²) in [7, 11) is 0. The van der Waals surface area contributed by atoms with Gasteiger partial charge in [-0.1, -0.05) is 36.4 Å². The van der Waals surface area contributed by atoms with Crippen molar-refractivity contribution in [2.75, 3.05) is 6.54 Å². The second-order valence-electron chi connectivity index (χ2n) is 6.55. The van der Waals surface area contributed by atoms with E-state index in [9.17, 15) is 15.2 Å². The fraction of sp³-hybridized carbons (Fsp3) is 0.273. The molecule has 1 amide bonds. The summed E-state index contributed by atoms with van der Waals surface area (Å²) in [5.74, 6) is -0.129. The first-order valence-corrected chi connectivity index (χ1v) is 8.96. The van der Waals surface area contributed by atoms with E-state index in [1.54, 1.807) is 12.1 Å². The number of aromatic hydroxyl groups is 1. The van der Waals surface area contributed by atoms with Crippen LogP contribution in [0.25, 0.3) is 6.08 Å². The van der Waals surface area contributed by atoms with Gasteiger partial charge in [-0.3, -0.25) is 4.79 Å². The molecule has 1 aliphatic carbocycles. The zero-order valence-corrected chi connectivity index (χ0v) is 14.7. The van der Waals surface area contributed by atoms with Gasteiger partial charge in [-0.25, -0.2) is 0 Å². The lowest BCUT2D eigenvalue weighted by atomic mass is 9.89. The molecule has 0 saturated carbocycles. The average molecular weight is 346 g/mol. The number of nitrogens with one attached hydrogen (secondary N) is 1. The van der Waals surface area contributed by atoms with Gasteiger partial charge in [0.15, 0.2) is 0 Å². The molecule has 0 bridgehead atoms. The van der Waals surface area contributed by atoms with E-state index in [-0.39, 0.29) is 17.2 Å². The zero-order chi connectivity index (χ0) is 18.4. The van der Waals surface area contributed by atoms with Crippen molar-refractivity contribution in [1.82, 2.24) is 5.32 Å². The normalized spacial score (nSPS) is 13.6. The van der Waals surface area contributed by atoms with Crippen LogP contribution in [0.1, 0.15) is 35.1 Å². The lowest BCUT2D eigenvalue weighted by Crippen LogP contribution is -2.26. The van der Waals surface area contributed by atoms with E-state index in [0.29, 0.717) is 18.5 Å². The molecule has 0 fully saturated rings. The van der Waals surface area contributed by atoms with Crippen LogP contribution < -0.4 is 5.32 Å². The molecule has 132 valence electrons. The SMILES string of the molecule is N#C/C(=C/c1cc(O)c2c(c1)CCCC2)C(=O)NCCc1ccccc1. The molecule has 2 aromatic rings. The van der Waals surface area contributed by atoms with Crippen LogP contribution >= 0.6 is 0 Å². The number of phenolic OH excluding ortho intramolecular Hbond substituents is 1. The third kappa shape index (κ3) is 4.31. The van der Waals surface area contributed by atoms with Crippen LogP contribution in [0.4, 0.5) is 0 Å². The van der Waals surface area contributed by atoms with Gasteiger partial charge >= 0.3 is 0 Å². The highest BCUT2D eigenvalue weighted by atomic mass is 16.3. The molecule has 0 aliphatic heterocycles. The van der Waals surface area contributed by atoms with Crippen molar-refractivity contribution in [3.63, 3.8) is 0 Å². The second kappa shape index (κ2) is 8.35. The third-order valence-corrected chi connectivity index (χ3v) is 4.68. The van der Waals surface area contributed by atoms with Crippen molar-refractivity contribution in [2.45, 2.75) is 32.1 Å². The van der Waals surface area contributed by atoms with Crippen molar-refractivity contribution >= 4 is 12.0 Å². The van der Waals surface area contributed by atoms with Crippen molar-refractivity contribution in [2.24, 2.45) is 0 Å². The van der Waals surface area contributed by atoms with Crippen LogP contribution in [0, 0.1) is 11.3 Å². The highest BCUT2D eigenvalue weighted by Gasteiger charge is 2.15. The number of phenols is 1. The zero-order valence-electron chi connectivity index (χ0n) is 14.7. The van der Waals surface area contributed by atoms with Gasteiger partial charge in [0.25, 0.3) is 5.91 Å². The highest BCUT2D eigenvalue weighted by Crippen LogP contribution is 2.31. The van der Waals surface area contributed by atoms with E-state index < -0.39 is 0 Å². The van der Waals surface area contributed by atoms with Crippen LogP contribution in [0.3, 0.4) is 0 Å². The first kappa shape index (κ1) is 17.8. The Hall–Kier alpha value is -3.06. The van der Waals surface area contributed by atoms with Crippen LogP contribution in [0.15, 0.2) is 48.0 Å². The van der Waals surface area contributed by atoms with Crippen molar-refractivity contribution in [3.05, 3.63) is 70.3 Å². The summed E-state index contributed by atoms with van der Waals surface area (Å²) < 4.78 is 0. The van der Waals surface area contributed by atoms with Gasteiger partial charge in [0.1, 0.15) is 17.4 Å². The van der Waals surface area contributed by atoms with Crippen molar-refractivity contribution in [1.29, 1.82) is 5.26 Å². The molecule has 0 saturated heterocycles. The minimum atomic E-state index is -0.388. The molecule has 0 unspecified atom stereocenters.